The van der Waals surface area contributed by atoms with Gasteiger partial charge in [-0.25, -0.2) is 4.98 Å². The monoisotopic (exact) mass is 389 g/mol. The van der Waals surface area contributed by atoms with E-state index in [1.807, 2.05) is 6.07 Å². The van der Waals surface area contributed by atoms with Crippen molar-refractivity contribution in [3.8, 4) is 17.6 Å². The predicted octanol–water partition coefficient (Wildman–Crippen LogP) is 3.65. The van der Waals surface area contributed by atoms with Gasteiger partial charge in [-0.2, -0.15) is 33.4 Å². The second-order valence-electron chi connectivity index (χ2n) is 6.45. The lowest BCUT2D eigenvalue weighted by Gasteiger charge is -2.16. The van der Waals surface area contributed by atoms with E-state index in [1.165, 1.54) is 12.1 Å². The predicted molar refractivity (Wildman–Crippen MR) is 97.1 cm³/mol. The minimum Gasteiger partial charge on any atom is -0.348 e. The Morgan fingerprint density at radius 2 is 1.86 bits per heavy atom. The van der Waals surface area contributed by atoms with Crippen molar-refractivity contribution in [3.05, 3.63) is 36.5 Å². The molecule has 0 radical (unpaired) electrons. The Morgan fingerprint density at radius 3 is 2.43 bits per heavy atom. The smallest absolute Gasteiger partial charge is 0.348 e. The second-order valence-corrected chi connectivity index (χ2v) is 6.45. The molecular formula is C18H18F3N7. The zero-order valence-electron chi connectivity index (χ0n) is 15.0. The number of nitriles is 1. The number of anilines is 2. The van der Waals surface area contributed by atoms with Crippen LogP contribution in [-0.2, 0) is 6.18 Å². The van der Waals surface area contributed by atoms with Crippen LogP contribution in [0.5, 0.6) is 0 Å². The van der Waals surface area contributed by atoms with Gasteiger partial charge in [-0.15, -0.1) is 6.58 Å². The first-order valence-corrected chi connectivity index (χ1v) is 8.66. The molecule has 0 spiro atoms. The zero-order chi connectivity index (χ0) is 20.3. The van der Waals surface area contributed by atoms with Crippen LogP contribution in [0.3, 0.4) is 0 Å². The van der Waals surface area contributed by atoms with Crippen molar-refractivity contribution in [1.29, 1.82) is 5.26 Å². The molecule has 0 bridgehead atoms. The Bertz CT molecular complexity index is 903. The molecule has 146 valence electrons. The first kappa shape index (κ1) is 19.5. The molecule has 2 aromatic rings. The number of hydrogen-bond acceptors (Lipinski definition) is 7. The summed E-state index contributed by atoms with van der Waals surface area (Å²) in [7, 11) is 0. The average Bonchev–Trinajstić information content (AvgIpc) is 3.50. The zero-order valence-corrected chi connectivity index (χ0v) is 15.0. The highest BCUT2D eigenvalue weighted by molar-refractivity contribution is 5.54. The molecule has 28 heavy (non-hydrogen) atoms. The molecule has 2 atom stereocenters. The van der Waals surface area contributed by atoms with Crippen molar-refractivity contribution < 1.29 is 13.2 Å². The fourth-order valence-electron chi connectivity index (χ4n) is 2.54. The lowest BCUT2D eigenvalue weighted by molar-refractivity contribution is -0.141. The van der Waals surface area contributed by atoms with Crippen LogP contribution in [0.1, 0.15) is 25.5 Å². The Morgan fingerprint density at radius 1 is 1.18 bits per heavy atom. The van der Waals surface area contributed by atoms with Gasteiger partial charge in [0.15, 0.2) is 5.82 Å². The standard InChI is InChI=1S/C18H18F3N7/c1-3-12(11-7-8-11)25-17-27-15(26-16(28-17)23-10(2)9-22)13-5-4-6-14(24-13)18(19,20)21/h3-6,10-12H,1,7-8H2,2H3,(H2,23,25,26,27,28). The molecule has 0 saturated heterocycles. The third-order valence-electron chi connectivity index (χ3n) is 4.12. The highest BCUT2D eigenvalue weighted by Gasteiger charge is 2.33. The van der Waals surface area contributed by atoms with E-state index in [9.17, 15) is 13.2 Å². The number of hydrogen-bond donors (Lipinski definition) is 2. The number of pyridine rings is 1. The SMILES string of the molecule is C=CC(Nc1nc(NC(C)C#N)nc(-c2cccc(C(F)(F)F)n2)n1)C1CC1. The lowest BCUT2D eigenvalue weighted by Crippen LogP contribution is -2.22. The largest absolute Gasteiger partial charge is 0.433 e. The molecular weight excluding hydrogens is 371 g/mol. The fraction of sp³-hybridized carbons (Fsp3) is 0.389. The van der Waals surface area contributed by atoms with Crippen LogP contribution >= 0.6 is 0 Å². The molecule has 0 aromatic carbocycles. The van der Waals surface area contributed by atoms with E-state index in [-0.39, 0.29) is 29.5 Å². The van der Waals surface area contributed by atoms with Gasteiger partial charge in [-0.3, -0.25) is 0 Å². The van der Waals surface area contributed by atoms with Crippen molar-refractivity contribution in [3.63, 3.8) is 0 Å². The van der Waals surface area contributed by atoms with E-state index in [1.54, 1.807) is 13.0 Å². The van der Waals surface area contributed by atoms with Gasteiger partial charge >= 0.3 is 6.18 Å². The van der Waals surface area contributed by atoms with E-state index in [0.29, 0.717) is 5.92 Å². The van der Waals surface area contributed by atoms with Crippen molar-refractivity contribution in [2.24, 2.45) is 5.92 Å². The van der Waals surface area contributed by atoms with Crippen LogP contribution in [0.25, 0.3) is 11.5 Å². The quantitative estimate of drug-likeness (QED) is 0.697. The number of alkyl halides is 3. The maximum Gasteiger partial charge on any atom is 0.433 e. The summed E-state index contributed by atoms with van der Waals surface area (Å²) in [4.78, 5) is 16.2. The molecule has 7 nitrogen and oxygen atoms in total. The summed E-state index contributed by atoms with van der Waals surface area (Å²) < 4.78 is 39.0. The van der Waals surface area contributed by atoms with E-state index < -0.39 is 17.9 Å². The molecule has 1 aliphatic rings. The minimum atomic E-state index is -4.58. The van der Waals surface area contributed by atoms with Crippen molar-refractivity contribution in [1.82, 2.24) is 19.9 Å². The maximum absolute atomic E-state index is 13.0. The molecule has 1 aliphatic carbocycles. The fourth-order valence-corrected chi connectivity index (χ4v) is 2.54. The highest BCUT2D eigenvalue weighted by atomic mass is 19.4. The summed E-state index contributed by atoms with van der Waals surface area (Å²) in [5.74, 6) is 0.627. The summed E-state index contributed by atoms with van der Waals surface area (Å²) >= 11 is 0. The van der Waals surface area contributed by atoms with Gasteiger partial charge in [-0.1, -0.05) is 12.1 Å². The van der Waals surface area contributed by atoms with Crippen molar-refractivity contribution >= 4 is 11.9 Å². The van der Waals surface area contributed by atoms with Crippen LogP contribution in [0, 0.1) is 17.2 Å². The van der Waals surface area contributed by atoms with E-state index in [4.69, 9.17) is 5.26 Å². The van der Waals surface area contributed by atoms with Gasteiger partial charge in [0, 0.05) is 6.04 Å². The number of nitrogens with zero attached hydrogens (tertiary/aromatic N) is 5. The number of halogens is 3. The van der Waals surface area contributed by atoms with Crippen molar-refractivity contribution in [2.75, 3.05) is 10.6 Å². The average molecular weight is 389 g/mol. The van der Waals surface area contributed by atoms with Gasteiger partial charge in [0.05, 0.1) is 6.07 Å². The van der Waals surface area contributed by atoms with Crippen LogP contribution in [0.15, 0.2) is 30.9 Å². The highest BCUT2D eigenvalue weighted by Crippen LogP contribution is 2.34. The minimum absolute atomic E-state index is 0.0325. The number of aromatic nitrogens is 4. The molecule has 2 aromatic heterocycles. The molecule has 0 aliphatic heterocycles. The first-order chi connectivity index (χ1) is 13.3. The van der Waals surface area contributed by atoms with E-state index in [0.717, 1.165) is 18.9 Å². The van der Waals surface area contributed by atoms with Gasteiger partial charge < -0.3 is 10.6 Å². The second kappa shape index (κ2) is 7.80. The van der Waals surface area contributed by atoms with E-state index in [2.05, 4.69) is 37.1 Å². The maximum atomic E-state index is 13.0. The Labute approximate surface area is 159 Å². The van der Waals surface area contributed by atoms with Gasteiger partial charge in [0.25, 0.3) is 0 Å². The molecule has 2 N–H and O–H groups in total. The van der Waals surface area contributed by atoms with Crippen LogP contribution < -0.4 is 10.6 Å². The molecule has 0 amide bonds. The van der Waals surface area contributed by atoms with Crippen LogP contribution in [0.4, 0.5) is 25.1 Å². The van der Waals surface area contributed by atoms with Crippen molar-refractivity contribution in [2.45, 2.75) is 38.0 Å². The number of nitrogens with one attached hydrogen (secondary N) is 2. The summed E-state index contributed by atoms with van der Waals surface area (Å²) in [5.41, 5.74) is -1.09. The molecule has 3 rings (SSSR count). The lowest BCUT2D eigenvalue weighted by atomic mass is 10.2. The first-order valence-electron chi connectivity index (χ1n) is 8.66. The Kier molecular flexibility index (Phi) is 5.44. The van der Waals surface area contributed by atoms with Crippen LogP contribution in [-0.4, -0.2) is 32.0 Å². The van der Waals surface area contributed by atoms with E-state index >= 15 is 0 Å². The van der Waals surface area contributed by atoms with Gasteiger partial charge in [-0.05, 0) is 37.8 Å². The third kappa shape index (κ3) is 4.73. The molecule has 2 heterocycles. The van der Waals surface area contributed by atoms with Crippen LogP contribution in [0.2, 0.25) is 0 Å². The normalized spacial score (nSPS) is 16.0. The summed E-state index contributed by atoms with van der Waals surface area (Å²) in [6, 6.07) is 4.83. The summed E-state index contributed by atoms with van der Waals surface area (Å²) in [6.07, 6.45) is -0.740. The molecule has 10 heteroatoms. The summed E-state index contributed by atoms with van der Waals surface area (Å²) in [6.45, 7) is 5.40. The van der Waals surface area contributed by atoms with Gasteiger partial charge in [0.1, 0.15) is 17.4 Å². The molecule has 1 fully saturated rings. The third-order valence-corrected chi connectivity index (χ3v) is 4.12. The molecule has 1 saturated carbocycles. The molecule has 2 unspecified atom stereocenters. The Hall–Kier alpha value is -3.22. The Balaban J connectivity index is 1.99. The summed E-state index contributed by atoms with van der Waals surface area (Å²) in [5, 5.41) is 14.9. The number of rotatable bonds is 7. The topological polar surface area (TPSA) is 99.4 Å². The van der Waals surface area contributed by atoms with Gasteiger partial charge in [0.2, 0.25) is 11.9 Å².